The summed E-state index contributed by atoms with van der Waals surface area (Å²) in [6, 6.07) is 0. The topological polar surface area (TPSA) is 113 Å². The van der Waals surface area contributed by atoms with Gasteiger partial charge in [0.2, 0.25) is 0 Å². The van der Waals surface area contributed by atoms with Crippen molar-refractivity contribution in [1.82, 2.24) is 40.8 Å². The summed E-state index contributed by atoms with van der Waals surface area (Å²) >= 11 is 1.50. The summed E-state index contributed by atoms with van der Waals surface area (Å²) in [4.78, 5) is 16.0. The largest absolute Gasteiger partial charge is 0.350 e. The molecular formula is C13H20N8OS. The third kappa shape index (κ3) is 4.76. The lowest BCUT2D eigenvalue weighted by atomic mass is 10.00. The molecule has 1 aliphatic heterocycles. The summed E-state index contributed by atoms with van der Waals surface area (Å²) < 4.78 is 1.76. The highest BCUT2D eigenvalue weighted by Gasteiger charge is 2.16. The van der Waals surface area contributed by atoms with Gasteiger partial charge in [0, 0.05) is 18.8 Å². The average Bonchev–Trinajstić information content (AvgIpc) is 3.24. The van der Waals surface area contributed by atoms with Crippen molar-refractivity contribution in [3.63, 3.8) is 0 Å². The van der Waals surface area contributed by atoms with Crippen LogP contribution in [-0.4, -0.2) is 61.5 Å². The molecule has 2 aromatic heterocycles. The lowest BCUT2D eigenvalue weighted by Gasteiger charge is -2.22. The van der Waals surface area contributed by atoms with E-state index in [1.165, 1.54) is 30.9 Å². The third-order valence-electron chi connectivity index (χ3n) is 3.63. The maximum atomic E-state index is 12.0. The number of nitrogens with one attached hydrogen (secondary N) is 3. The van der Waals surface area contributed by atoms with Crippen LogP contribution in [0.15, 0.2) is 17.7 Å². The van der Waals surface area contributed by atoms with Gasteiger partial charge >= 0.3 is 0 Å². The van der Waals surface area contributed by atoms with E-state index in [1.807, 2.05) is 0 Å². The molecule has 124 valence electrons. The molecular weight excluding hydrogens is 316 g/mol. The molecule has 23 heavy (non-hydrogen) atoms. The van der Waals surface area contributed by atoms with E-state index in [0.717, 1.165) is 24.8 Å². The highest BCUT2D eigenvalue weighted by Crippen LogP contribution is 2.12. The molecule has 3 heterocycles. The third-order valence-corrected chi connectivity index (χ3v) is 4.51. The maximum Gasteiger partial charge on any atom is 0.273 e. The molecule has 1 amide bonds. The number of H-pyrrole nitrogens is 1. The number of carbonyl (C=O) groups is 1. The molecule has 1 fully saturated rings. The molecule has 9 nitrogen and oxygen atoms in total. The van der Waals surface area contributed by atoms with Crippen LogP contribution >= 0.6 is 11.8 Å². The molecule has 0 aliphatic carbocycles. The highest BCUT2D eigenvalue weighted by molar-refractivity contribution is 7.99. The smallest absolute Gasteiger partial charge is 0.273 e. The van der Waals surface area contributed by atoms with Crippen molar-refractivity contribution in [2.75, 3.05) is 25.4 Å². The van der Waals surface area contributed by atoms with Gasteiger partial charge in [0.15, 0.2) is 10.9 Å². The Morgan fingerprint density at radius 3 is 3.26 bits per heavy atom. The molecule has 0 spiro atoms. The van der Waals surface area contributed by atoms with E-state index in [-0.39, 0.29) is 5.91 Å². The van der Waals surface area contributed by atoms with Gasteiger partial charge < -0.3 is 10.6 Å². The fourth-order valence-electron chi connectivity index (χ4n) is 2.50. The van der Waals surface area contributed by atoms with E-state index in [1.54, 1.807) is 10.9 Å². The monoisotopic (exact) mass is 336 g/mol. The van der Waals surface area contributed by atoms with Crippen LogP contribution in [0, 0.1) is 5.92 Å². The number of hydrogen-bond acceptors (Lipinski definition) is 7. The molecule has 0 bridgehead atoms. The summed E-state index contributed by atoms with van der Waals surface area (Å²) in [5.74, 6) is 1.07. The molecule has 3 rings (SSSR count). The van der Waals surface area contributed by atoms with Gasteiger partial charge in [-0.25, -0.2) is 4.98 Å². The van der Waals surface area contributed by atoms with Gasteiger partial charge in [0.25, 0.3) is 5.91 Å². The summed E-state index contributed by atoms with van der Waals surface area (Å²) in [5, 5.41) is 21.5. The SMILES string of the molecule is O=C(NCCSc1ncn[nH]1)c1cn(C[C@@H]2CCCNC2)nn1. The maximum absolute atomic E-state index is 12.0. The number of aromatic nitrogens is 6. The summed E-state index contributed by atoms with van der Waals surface area (Å²) in [6.45, 7) is 3.42. The molecule has 0 saturated carbocycles. The number of aromatic amines is 1. The van der Waals surface area contributed by atoms with Gasteiger partial charge in [-0.15, -0.1) is 5.10 Å². The van der Waals surface area contributed by atoms with Crippen molar-refractivity contribution in [1.29, 1.82) is 0 Å². The Balaban J connectivity index is 1.40. The molecule has 1 atom stereocenters. The van der Waals surface area contributed by atoms with Gasteiger partial charge in [-0.2, -0.15) is 5.10 Å². The first-order valence-corrected chi connectivity index (χ1v) is 8.67. The van der Waals surface area contributed by atoms with E-state index >= 15 is 0 Å². The second-order valence-corrected chi connectivity index (χ2v) is 6.52. The Hall–Kier alpha value is -1.94. The van der Waals surface area contributed by atoms with Crippen molar-refractivity contribution in [3.05, 3.63) is 18.2 Å². The highest BCUT2D eigenvalue weighted by atomic mass is 32.2. The van der Waals surface area contributed by atoms with E-state index in [2.05, 4.69) is 36.1 Å². The lowest BCUT2D eigenvalue weighted by molar-refractivity contribution is 0.0951. The molecule has 2 aromatic rings. The summed E-state index contributed by atoms with van der Waals surface area (Å²) in [5.41, 5.74) is 0.360. The van der Waals surface area contributed by atoms with E-state index in [0.29, 0.717) is 23.9 Å². The molecule has 0 unspecified atom stereocenters. The summed E-state index contributed by atoms with van der Waals surface area (Å²) in [6.07, 6.45) is 5.55. The second kappa shape index (κ2) is 8.06. The fourth-order valence-corrected chi connectivity index (χ4v) is 3.14. The Bertz CT molecular complexity index is 607. The quantitative estimate of drug-likeness (QED) is 0.478. The Kier molecular flexibility index (Phi) is 5.59. The molecule has 1 saturated heterocycles. The minimum Gasteiger partial charge on any atom is -0.350 e. The lowest BCUT2D eigenvalue weighted by Crippen LogP contribution is -2.32. The standard InChI is InChI=1S/C13H20N8OS/c22-12(15-4-5-23-13-16-9-17-19-13)11-8-21(20-18-11)7-10-2-1-3-14-6-10/h8-10,14H,1-7H2,(H,15,22)(H,16,17,19)/t10-/m1/s1. The van der Waals surface area contributed by atoms with Crippen molar-refractivity contribution in [2.24, 2.45) is 5.92 Å². The van der Waals surface area contributed by atoms with Gasteiger partial charge in [-0.3, -0.25) is 14.6 Å². The second-order valence-electron chi connectivity index (χ2n) is 5.43. The first-order chi connectivity index (χ1) is 11.3. The molecule has 10 heteroatoms. The Labute approximate surface area is 138 Å². The number of amides is 1. The number of thioether (sulfide) groups is 1. The Morgan fingerprint density at radius 2 is 2.48 bits per heavy atom. The number of nitrogens with zero attached hydrogens (tertiary/aromatic N) is 5. The van der Waals surface area contributed by atoms with Crippen LogP contribution in [-0.2, 0) is 6.54 Å². The normalized spacial score (nSPS) is 18.0. The Morgan fingerprint density at radius 1 is 1.52 bits per heavy atom. The molecule has 1 aliphatic rings. The number of piperidine rings is 1. The summed E-state index contributed by atoms with van der Waals surface area (Å²) in [7, 11) is 0. The van der Waals surface area contributed by atoms with Crippen LogP contribution < -0.4 is 10.6 Å². The molecule has 0 radical (unpaired) electrons. The van der Waals surface area contributed by atoms with Crippen LogP contribution in [0.4, 0.5) is 0 Å². The van der Waals surface area contributed by atoms with Crippen molar-refractivity contribution >= 4 is 17.7 Å². The van der Waals surface area contributed by atoms with Gasteiger partial charge in [0.05, 0.1) is 6.20 Å². The minimum atomic E-state index is -0.198. The molecule has 0 aromatic carbocycles. The predicted octanol–water partition coefficient (Wildman–Crippen LogP) is -0.0821. The van der Waals surface area contributed by atoms with Crippen molar-refractivity contribution in [2.45, 2.75) is 24.5 Å². The zero-order chi connectivity index (χ0) is 15.9. The number of rotatable bonds is 7. The zero-order valence-electron chi connectivity index (χ0n) is 12.7. The first-order valence-electron chi connectivity index (χ1n) is 7.68. The number of hydrogen-bond donors (Lipinski definition) is 3. The van der Waals surface area contributed by atoms with E-state index in [4.69, 9.17) is 0 Å². The van der Waals surface area contributed by atoms with Crippen molar-refractivity contribution in [3.8, 4) is 0 Å². The van der Waals surface area contributed by atoms with Crippen LogP contribution in [0.3, 0.4) is 0 Å². The minimum absolute atomic E-state index is 0.198. The van der Waals surface area contributed by atoms with Gasteiger partial charge in [0.1, 0.15) is 6.33 Å². The average molecular weight is 336 g/mol. The number of carbonyl (C=O) groups excluding carboxylic acids is 1. The molecule has 3 N–H and O–H groups in total. The zero-order valence-corrected chi connectivity index (χ0v) is 13.6. The first kappa shape index (κ1) is 15.9. The van der Waals surface area contributed by atoms with Crippen LogP contribution in [0.25, 0.3) is 0 Å². The van der Waals surface area contributed by atoms with Gasteiger partial charge in [-0.05, 0) is 31.8 Å². The van der Waals surface area contributed by atoms with Crippen LogP contribution in [0.5, 0.6) is 0 Å². The van der Waals surface area contributed by atoms with Crippen molar-refractivity contribution < 1.29 is 4.79 Å². The van der Waals surface area contributed by atoms with Crippen LogP contribution in [0.1, 0.15) is 23.3 Å². The predicted molar refractivity (Wildman–Crippen MR) is 85.1 cm³/mol. The van der Waals surface area contributed by atoms with Gasteiger partial charge in [-0.1, -0.05) is 17.0 Å². The van der Waals surface area contributed by atoms with E-state index < -0.39 is 0 Å². The fraction of sp³-hybridized carbons (Fsp3) is 0.615. The van der Waals surface area contributed by atoms with E-state index in [9.17, 15) is 4.79 Å². The van der Waals surface area contributed by atoms with Crippen LogP contribution in [0.2, 0.25) is 0 Å².